The molecule has 1 aliphatic rings. The molecule has 1 fully saturated rings. The molecule has 6 nitrogen and oxygen atoms in total. The molecule has 0 radical (unpaired) electrons. The van der Waals surface area contributed by atoms with Gasteiger partial charge in [-0.05, 0) is 6.42 Å². The topological polar surface area (TPSA) is 93.2 Å². The Hall–Kier alpha value is -2.06. The van der Waals surface area contributed by atoms with Crippen LogP contribution in [0.15, 0.2) is 30.3 Å². The smallest absolute Gasteiger partial charge is 0.230 e. The SMILES string of the molecule is CC(=O)c1sc(NC(=O)C2CCS(=O)(=O)C2)nc1-c1ccccc1. The van der Waals surface area contributed by atoms with Gasteiger partial charge in [0.05, 0.1) is 28.0 Å². The Kier molecular flexibility index (Phi) is 4.51. The number of amides is 1. The Morgan fingerprint density at radius 2 is 1.96 bits per heavy atom. The van der Waals surface area contributed by atoms with Crippen molar-refractivity contribution in [3.63, 3.8) is 0 Å². The molecule has 0 spiro atoms. The normalized spacial score (nSPS) is 19.1. The number of sulfone groups is 1. The van der Waals surface area contributed by atoms with Crippen molar-refractivity contribution in [3.8, 4) is 11.3 Å². The molecule has 1 aromatic heterocycles. The average Bonchev–Trinajstić information content (AvgIpc) is 3.11. The first-order valence-electron chi connectivity index (χ1n) is 7.44. The summed E-state index contributed by atoms with van der Waals surface area (Å²) in [6, 6.07) is 9.25. The summed E-state index contributed by atoms with van der Waals surface area (Å²) in [6.45, 7) is 1.45. The number of anilines is 1. The van der Waals surface area contributed by atoms with Crippen molar-refractivity contribution >= 4 is 38.0 Å². The molecule has 0 bridgehead atoms. The third kappa shape index (κ3) is 3.54. The maximum atomic E-state index is 12.2. The second kappa shape index (κ2) is 6.45. The van der Waals surface area contributed by atoms with Gasteiger partial charge in [0.25, 0.3) is 0 Å². The van der Waals surface area contributed by atoms with Crippen LogP contribution in [0.2, 0.25) is 0 Å². The van der Waals surface area contributed by atoms with Crippen LogP contribution in [0.3, 0.4) is 0 Å². The molecular formula is C16H16N2O4S2. The van der Waals surface area contributed by atoms with E-state index in [2.05, 4.69) is 10.3 Å². The van der Waals surface area contributed by atoms with E-state index >= 15 is 0 Å². The van der Waals surface area contributed by atoms with E-state index in [0.29, 0.717) is 22.1 Å². The highest BCUT2D eigenvalue weighted by molar-refractivity contribution is 7.91. The summed E-state index contributed by atoms with van der Waals surface area (Å²) in [5, 5.41) is 2.97. The van der Waals surface area contributed by atoms with E-state index in [1.54, 1.807) is 0 Å². The quantitative estimate of drug-likeness (QED) is 0.841. The largest absolute Gasteiger partial charge is 0.302 e. The summed E-state index contributed by atoms with van der Waals surface area (Å²) >= 11 is 1.11. The molecule has 3 rings (SSSR count). The van der Waals surface area contributed by atoms with Crippen molar-refractivity contribution in [2.75, 3.05) is 16.8 Å². The Morgan fingerprint density at radius 3 is 2.54 bits per heavy atom. The number of carbonyl (C=O) groups excluding carboxylic acids is 2. The zero-order chi connectivity index (χ0) is 17.3. The highest BCUT2D eigenvalue weighted by Crippen LogP contribution is 2.32. The summed E-state index contributed by atoms with van der Waals surface area (Å²) in [6.07, 6.45) is 0.324. The van der Waals surface area contributed by atoms with Gasteiger partial charge < -0.3 is 5.32 Å². The molecule has 1 N–H and O–H groups in total. The van der Waals surface area contributed by atoms with Crippen LogP contribution < -0.4 is 5.32 Å². The fourth-order valence-electron chi connectivity index (χ4n) is 2.61. The fourth-order valence-corrected chi connectivity index (χ4v) is 5.24. The first-order chi connectivity index (χ1) is 11.4. The predicted octanol–water partition coefficient (Wildman–Crippen LogP) is 2.39. The second-order valence-electron chi connectivity index (χ2n) is 5.71. The van der Waals surface area contributed by atoms with E-state index in [0.717, 1.165) is 16.9 Å². The predicted molar refractivity (Wildman–Crippen MR) is 92.9 cm³/mol. The first-order valence-corrected chi connectivity index (χ1v) is 10.1. The Balaban J connectivity index is 1.85. The number of Topliss-reactive ketones (excluding diaryl/α,β-unsaturated/α-hetero) is 1. The first kappa shape index (κ1) is 16.8. The lowest BCUT2D eigenvalue weighted by atomic mass is 10.1. The van der Waals surface area contributed by atoms with Crippen molar-refractivity contribution in [2.45, 2.75) is 13.3 Å². The number of benzene rings is 1. The van der Waals surface area contributed by atoms with Gasteiger partial charge in [-0.15, -0.1) is 0 Å². The van der Waals surface area contributed by atoms with E-state index < -0.39 is 15.8 Å². The van der Waals surface area contributed by atoms with Crippen LogP contribution in [0.25, 0.3) is 11.3 Å². The number of thiazole rings is 1. The van der Waals surface area contributed by atoms with Crippen molar-refractivity contribution in [1.82, 2.24) is 4.98 Å². The maximum Gasteiger partial charge on any atom is 0.230 e. The van der Waals surface area contributed by atoms with Crippen molar-refractivity contribution in [1.29, 1.82) is 0 Å². The lowest BCUT2D eigenvalue weighted by Crippen LogP contribution is -2.23. The number of hydrogen-bond donors (Lipinski definition) is 1. The van der Waals surface area contributed by atoms with E-state index in [1.165, 1.54) is 6.92 Å². The monoisotopic (exact) mass is 364 g/mol. The molecular weight excluding hydrogens is 348 g/mol. The van der Waals surface area contributed by atoms with Gasteiger partial charge in [-0.1, -0.05) is 41.7 Å². The minimum absolute atomic E-state index is 0.0386. The molecule has 1 amide bonds. The van der Waals surface area contributed by atoms with Crippen LogP contribution >= 0.6 is 11.3 Å². The number of rotatable bonds is 4. The number of nitrogens with zero attached hydrogens (tertiary/aromatic N) is 1. The molecule has 1 unspecified atom stereocenters. The van der Waals surface area contributed by atoms with Crippen LogP contribution in [0, 0.1) is 5.92 Å². The van der Waals surface area contributed by atoms with Crippen molar-refractivity contribution in [2.24, 2.45) is 5.92 Å². The third-order valence-electron chi connectivity index (χ3n) is 3.83. The molecule has 1 aliphatic heterocycles. The second-order valence-corrected chi connectivity index (χ2v) is 8.94. The molecule has 8 heteroatoms. The fraction of sp³-hybridized carbons (Fsp3) is 0.312. The van der Waals surface area contributed by atoms with Crippen LogP contribution in [-0.2, 0) is 14.6 Å². The molecule has 24 heavy (non-hydrogen) atoms. The highest BCUT2D eigenvalue weighted by atomic mass is 32.2. The highest BCUT2D eigenvalue weighted by Gasteiger charge is 2.33. The summed E-state index contributed by atoms with van der Waals surface area (Å²) in [7, 11) is -3.12. The lowest BCUT2D eigenvalue weighted by Gasteiger charge is -2.06. The number of hydrogen-bond acceptors (Lipinski definition) is 6. The molecule has 0 saturated carbocycles. The molecule has 1 atom stereocenters. The van der Waals surface area contributed by atoms with E-state index in [4.69, 9.17) is 0 Å². The van der Waals surface area contributed by atoms with E-state index in [1.807, 2.05) is 30.3 Å². The summed E-state index contributed by atoms with van der Waals surface area (Å²) in [5.41, 5.74) is 1.32. The molecule has 126 valence electrons. The summed E-state index contributed by atoms with van der Waals surface area (Å²) < 4.78 is 23.0. The summed E-state index contributed by atoms with van der Waals surface area (Å²) in [4.78, 5) is 28.9. The van der Waals surface area contributed by atoms with Gasteiger partial charge in [-0.3, -0.25) is 9.59 Å². The Labute approximate surface area is 143 Å². The molecule has 0 aliphatic carbocycles. The van der Waals surface area contributed by atoms with Gasteiger partial charge in [0, 0.05) is 12.5 Å². The van der Waals surface area contributed by atoms with Gasteiger partial charge in [0.2, 0.25) is 5.91 Å². The van der Waals surface area contributed by atoms with Crippen molar-refractivity contribution < 1.29 is 18.0 Å². The van der Waals surface area contributed by atoms with Gasteiger partial charge in [-0.25, -0.2) is 13.4 Å². The Morgan fingerprint density at radius 1 is 1.25 bits per heavy atom. The number of carbonyl (C=O) groups is 2. The zero-order valence-electron chi connectivity index (χ0n) is 13.0. The van der Waals surface area contributed by atoms with E-state index in [-0.39, 0.29) is 23.2 Å². The Bertz CT molecular complexity index is 888. The third-order valence-corrected chi connectivity index (χ3v) is 6.67. The number of aromatic nitrogens is 1. The maximum absolute atomic E-state index is 12.2. The molecule has 2 aromatic rings. The summed E-state index contributed by atoms with van der Waals surface area (Å²) in [5.74, 6) is -1.14. The van der Waals surface area contributed by atoms with Crippen LogP contribution in [0.5, 0.6) is 0 Å². The van der Waals surface area contributed by atoms with Crippen LogP contribution in [0.4, 0.5) is 5.13 Å². The van der Waals surface area contributed by atoms with E-state index in [9.17, 15) is 18.0 Å². The van der Waals surface area contributed by atoms with Gasteiger partial charge >= 0.3 is 0 Å². The minimum Gasteiger partial charge on any atom is -0.302 e. The number of nitrogens with one attached hydrogen (secondary N) is 1. The van der Waals surface area contributed by atoms with Gasteiger partial charge in [0.1, 0.15) is 0 Å². The van der Waals surface area contributed by atoms with Crippen LogP contribution in [-0.4, -0.2) is 36.6 Å². The standard InChI is InChI=1S/C16H16N2O4S2/c1-10(19)14-13(11-5-3-2-4-6-11)17-16(23-14)18-15(20)12-7-8-24(21,22)9-12/h2-6,12H,7-9H2,1H3,(H,17,18,20). The molecule has 1 saturated heterocycles. The average molecular weight is 364 g/mol. The van der Waals surface area contributed by atoms with Gasteiger partial charge in [-0.2, -0.15) is 0 Å². The van der Waals surface area contributed by atoms with Gasteiger partial charge in [0.15, 0.2) is 20.8 Å². The molecule has 2 heterocycles. The zero-order valence-corrected chi connectivity index (χ0v) is 14.6. The number of ketones is 1. The molecule has 1 aromatic carbocycles. The van der Waals surface area contributed by atoms with Crippen LogP contribution in [0.1, 0.15) is 23.0 Å². The van der Waals surface area contributed by atoms with Crippen molar-refractivity contribution in [3.05, 3.63) is 35.2 Å². The minimum atomic E-state index is -3.12. The lowest BCUT2D eigenvalue weighted by molar-refractivity contribution is -0.119.